The van der Waals surface area contributed by atoms with Crippen molar-refractivity contribution in [1.29, 1.82) is 0 Å². The molecule has 5 heteroatoms. The average Bonchev–Trinajstić information content (AvgIpc) is 2.63. The molecule has 24 heavy (non-hydrogen) atoms. The molecule has 1 aliphatic rings. The molecule has 1 unspecified atom stereocenters. The maximum Gasteiger partial charge on any atom is 0.123 e. The van der Waals surface area contributed by atoms with Gasteiger partial charge in [-0.15, -0.1) is 0 Å². The molecule has 0 amide bonds. The Bertz CT molecular complexity index is 674. The van der Waals surface area contributed by atoms with Crippen molar-refractivity contribution in [3.05, 3.63) is 65.5 Å². The Hall–Kier alpha value is -1.95. The SMILES string of the molecule is COc1ccc(F)cc1CC(O)(c1ccccc1)[C@@H]1CNCCO1. The van der Waals surface area contributed by atoms with Crippen molar-refractivity contribution < 1.29 is 19.0 Å². The predicted octanol–water partition coefficient (Wildman–Crippen LogP) is 2.25. The second-order valence-electron chi connectivity index (χ2n) is 5.99. The maximum atomic E-state index is 13.7. The quantitative estimate of drug-likeness (QED) is 0.882. The van der Waals surface area contributed by atoms with Gasteiger partial charge < -0.3 is 19.9 Å². The van der Waals surface area contributed by atoms with Crippen molar-refractivity contribution in [2.45, 2.75) is 18.1 Å². The molecule has 1 heterocycles. The third kappa shape index (κ3) is 3.43. The summed E-state index contributed by atoms with van der Waals surface area (Å²) in [6.45, 7) is 1.81. The summed E-state index contributed by atoms with van der Waals surface area (Å²) in [6, 6.07) is 13.7. The highest BCUT2D eigenvalue weighted by Crippen LogP contribution is 2.35. The van der Waals surface area contributed by atoms with Gasteiger partial charge >= 0.3 is 0 Å². The van der Waals surface area contributed by atoms with Crippen molar-refractivity contribution in [2.24, 2.45) is 0 Å². The molecule has 1 fully saturated rings. The number of morpholine rings is 1. The molecule has 0 aromatic heterocycles. The lowest BCUT2D eigenvalue weighted by Gasteiger charge is -2.39. The molecule has 3 rings (SSSR count). The summed E-state index contributed by atoms with van der Waals surface area (Å²) in [5, 5.41) is 14.8. The van der Waals surface area contributed by atoms with Crippen LogP contribution in [0.5, 0.6) is 5.75 Å². The van der Waals surface area contributed by atoms with Crippen molar-refractivity contribution >= 4 is 0 Å². The zero-order chi connectivity index (χ0) is 17.0. The number of hydrogen-bond donors (Lipinski definition) is 2. The van der Waals surface area contributed by atoms with Crippen molar-refractivity contribution in [3.8, 4) is 5.75 Å². The lowest BCUT2D eigenvalue weighted by molar-refractivity contribution is -0.124. The van der Waals surface area contributed by atoms with Gasteiger partial charge in [-0.3, -0.25) is 0 Å². The number of benzene rings is 2. The Labute approximate surface area is 141 Å². The second-order valence-corrected chi connectivity index (χ2v) is 5.99. The molecule has 2 aromatic carbocycles. The van der Waals surface area contributed by atoms with Gasteiger partial charge in [0.25, 0.3) is 0 Å². The van der Waals surface area contributed by atoms with E-state index in [4.69, 9.17) is 9.47 Å². The fourth-order valence-electron chi connectivity index (χ4n) is 3.18. The Kier molecular flexibility index (Phi) is 5.14. The lowest BCUT2D eigenvalue weighted by atomic mass is 9.81. The van der Waals surface area contributed by atoms with Crippen LogP contribution in [0, 0.1) is 5.82 Å². The second kappa shape index (κ2) is 7.30. The Morgan fingerprint density at radius 1 is 1.29 bits per heavy atom. The first-order valence-corrected chi connectivity index (χ1v) is 8.06. The van der Waals surface area contributed by atoms with Gasteiger partial charge in [0.15, 0.2) is 0 Å². The van der Waals surface area contributed by atoms with Gasteiger partial charge in [0, 0.05) is 25.1 Å². The van der Waals surface area contributed by atoms with Crippen LogP contribution in [0.4, 0.5) is 4.39 Å². The molecule has 2 atom stereocenters. The molecule has 0 saturated carbocycles. The van der Waals surface area contributed by atoms with Crippen LogP contribution >= 0.6 is 0 Å². The molecular formula is C19H22FNO3. The van der Waals surface area contributed by atoms with Crippen LogP contribution in [-0.4, -0.2) is 38.0 Å². The lowest BCUT2D eigenvalue weighted by Crippen LogP contribution is -2.52. The predicted molar refractivity (Wildman–Crippen MR) is 89.6 cm³/mol. The van der Waals surface area contributed by atoms with Crippen LogP contribution in [0.2, 0.25) is 0 Å². The number of ether oxygens (including phenoxy) is 2. The molecule has 128 valence electrons. The fraction of sp³-hybridized carbons (Fsp3) is 0.368. The van der Waals surface area contributed by atoms with E-state index < -0.39 is 11.7 Å². The van der Waals surface area contributed by atoms with Gasteiger partial charge in [-0.05, 0) is 23.8 Å². The van der Waals surface area contributed by atoms with Crippen LogP contribution in [0.15, 0.2) is 48.5 Å². The zero-order valence-corrected chi connectivity index (χ0v) is 13.7. The molecule has 0 aliphatic carbocycles. The van der Waals surface area contributed by atoms with Crippen LogP contribution < -0.4 is 10.1 Å². The highest BCUT2D eigenvalue weighted by molar-refractivity contribution is 5.37. The summed E-state index contributed by atoms with van der Waals surface area (Å²) in [6.07, 6.45) is -0.230. The number of rotatable bonds is 5. The summed E-state index contributed by atoms with van der Waals surface area (Å²) in [5.74, 6) is 0.193. The van der Waals surface area contributed by atoms with Gasteiger partial charge in [0.2, 0.25) is 0 Å². The van der Waals surface area contributed by atoms with E-state index in [1.807, 2.05) is 30.3 Å². The van der Waals surface area contributed by atoms with Gasteiger partial charge in [-0.25, -0.2) is 4.39 Å². The first-order chi connectivity index (χ1) is 11.6. The molecule has 1 saturated heterocycles. The first kappa shape index (κ1) is 16.9. The van der Waals surface area contributed by atoms with Crippen LogP contribution in [0.1, 0.15) is 11.1 Å². The van der Waals surface area contributed by atoms with Crippen molar-refractivity contribution in [1.82, 2.24) is 5.32 Å². The minimum Gasteiger partial charge on any atom is -0.496 e. The minimum atomic E-state index is -1.28. The molecule has 0 bridgehead atoms. The summed E-state index contributed by atoms with van der Waals surface area (Å²) >= 11 is 0. The summed E-state index contributed by atoms with van der Waals surface area (Å²) in [5.41, 5.74) is 0.0680. The third-order valence-electron chi connectivity index (χ3n) is 4.44. The van der Waals surface area contributed by atoms with E-state index in [1.165, 1.54) is 19.2 Å². The van der Waals surface area contributed by atoms with E-state index in [-0.39, 0.29) is 12.2 Å². The molecular weight excluding hydrogens is 309 g/mol. The number of halogens is 1. The van der Waals surface area contributed by atoms with Gasteiger partial charge in [0.1, 0.15) is 23.3 Å². The Morgan fingerprint density at radius 2 is 2.08 bits per heavy atom. The Morgan fingerprint density at radius 3 is 2.75 bits per heavy atom. The summed E-state index contributed by atoms with van der Waals surface area (Å²) in [7, 11) is 1.54. The van der Waals surface area contributed by atoms with Gasteiger partial charge in [0.05, 0.1) is 13.7 Å². The van der Waals surface area contributed by atoms with E-state index in [0.29, 0.717) is 24.5 Å². The monoisotopic (exact) mass is 331 g/mol. The highest BCUT2D eigenvalue weighted by Gasteiger charge is 2.41. The van der Waals surface area contributed by atoms with E-state index in [1.54, 1.807) is 6.07 Å². The normalized spacial score (nSPS) is 20.4. The van der Waals surface area contributed by atoms with E-state index in [2.05, 4.69) is 5.32 Å². The van der Waals surface area contributed by atoms with Crippen molar-refractivity contribution in [3.63, 3.8) is 0 Å². The van der Waals surface area contributed by atoms with Crippen LogP contribution in [-0.2, 0) is 16.8 Å². The maximum absolute atomic E-state index is 13.7. The van der Waals surface area contributed by atoms with Crippen LogP contribution in [0.3, 0.4) is 0 Å². The van der Waals surface area contributed by atoms with E-state index in [9.17, 15) is 9.50 Å². The number of methoxy groups -OCH3 is 1. The molecule has 2 N–H and O–H groups in total. The molecule has 0 radical (unpaired) electrons. The first-order valence-electron chi connectivity index (χ1n) is 8.06. The smallest absolute Gasteiger partial charge is 0.123 e. The van der Waals surface area contributed by atoms with Gasteiger partial charge in [-0.1, -0.05) is 30.3 Å². The standard InChI is InChI=1S/C19H22FNO3/c1-23-17-8-7-16(20)11-14(17)12-19(22,15-5-3-2-4-6-15)18-13-21-9-10-24-18/h2-8,11,18,21-22H,9-10,12-13H2,1H3/t18-,19?/m0/s1. The molecule has 0 spiro atoms. The van der Waals surface area contributed by atoms with E-state index in [0.717, 1.165) is 12.1 Å². The zero-order valence-electron chi connectivity index (χ0n) is 13.7. The Balaban J connectivity index is 2.00. The van der Waals surface area contributed by atoms with E-state index >= 15 is 0 Å². The largest absolute Gasteiger partial charge is 0.496 e. The highest BCUT2D eigenvalue weighted by atomic mass is 19.1. The van der Waals surface area contributed by atoms with Crippen molar-refractivity contribution in [2.75, 3.05) is 26.8 Å². The molecule has 1 aliphatic heterocycles. The third-order valence-corrected chi connectivity index (χ3v) is 4.44. The van der Waals surface area contributed by atoms with Crippen LogP contribution in [0.25, 0.3) is 0 Å². The summed E-state index contributed by atoms with van der Waals surface area (Å²) in [4.78, 5) is 0. The topological polar surface area (TPSA) is 50.7 Å². The minimum absolute atomic E-state index is 0.199. The number of hydrogen-bond acceptors (Lipinski definition) is 4. The van der Waals surface area contributed by atoms with Gasteiger partial charge in [-0.2, -0.15) is 0 Å². The number of aliphatic hydroxyl groups is 1. The summed E-state index contributed by atoms with van der Waals surface area (Å²) < 4.78 is 24.9. The number of nitrogens with one attached hydrogen (secondary N) is 1. The molecule has 2 aromatic rings. The fourth-order valence-corrected chi connectivity index (χ4v) is 3.18. The average molecular weight is 331 g/mol. The molecule has 4 nitrogen and oxygen atoms in total.